The summed E-state index contributed by atoms with van der Waals surface area (Å²) in [6.45, 7) is 4.94. The predicted octanol–water partition coefficient (Wildman–Crippen LogP) is 4.81. The van der Waals surface area contributed by atoms with Gasteiger partial charge in [0, 0.05) is 18.6 Å². The molecule has 1 aliphatic carbocycles. The first-order chi connectivity index (χ1) is 14.9. The zero-order valence-corrected chi connectivity index (χ0v) is 20.1. The molecule has 1 fully saturated rings. The van der Waals surface area contributed by atoms with Crippen LogP contribution in [0.2, 0.25) is 0 Å². The molecule has 1 saturated carbocycles. The summed E-state index contributed by atoms with van der Waals surface area (Å²) in [7, 11) is -2.29. The minimum absolute atomic E-state index is 0.104. The lowest BCUT2D eigenvalue weighted by atomic mass is 9.83. The first kappa shape index (κ1) is 27.1. The molecule has 2 N–H and O–H groups in total. The maximum Gasteiger partial charge on any atom is 0.416 e. The zero-order chi connectivity index (χ0) is 24.0. The smallest absolute Gasteiger partial charge is 0.394 e. The predicted molar refractivity (Wildman–Crippen MR) is 120 cm³/mol. The summed E-state index contributed by atoms with van der Waals surface area (Å²) in [6, 6.07) is 3.59. The number of aliphatic hydroxyl groups excluding tert-OH is 1. The normalized spacial score (nSPS) is 20.6. The van der Waals surface area contributed by atoms with Gasteiger partial charge in [-0.3, -0.25) is 0 Å². The van der Waals surface area contributed by atoms with Crippen molar-refractivity contribution in [2.75, 3.05) is 20.2 Å². The Hall–Kier alpha value is -1.16. The average Bonchev–Trinajstić information content (AvgIpc) is 2.75. The maximum atomic E-state index is 12.9. The minimum Gasteiger partial charge on any atom is -0.394 e. The molecule has 2 rings (SSSR count). The van der Waals surface area contributed by atoms with Gasteiger partial charge >= 0.3 is 6.18 Å². The summed E-state index contributed by atoms with van der Waals surface area (Å²) >= 11 is 0. The van der Waals surface area contributed by atoms with Gasteiger partial charge in [0.05, 0.1) is 17.1 Å². The van der Waals surface area contributed by atoms with Gasteiger partial charge < -0.3 is 10.4 Å². The van der Waals surface area contributed by atoms with E-state index in [0.717, 1.165) is 82.2 Å². The van der Waals surface area contributed by atoms with Crippen molar-refractivity contribution in [3.8, 4) is 0 Å². The number of nitrogens with one attached hydrogen (secondary N) is 1. The molecule has 0 aromatic heterocycles. The average molecular weight is 479 g/mol. The minimum atomic E-state index is -4.49. The first-order valence-electron chi connectivity index (χ1n) is 11.4. The molecule has 0 aliphatic heterocycles. The van der Waals surface area contributed by atoms with E-state index in [1.807, 2.05) is 13.8 Å². The second-order valence-corrected chi connectivity index (χ2v) is 11.5. The molecule has 0 bridgehead atoms. The van der Waals surface area contributed by atoms with Crippen LogP contribution in [0.1, 0.15) is 70.8 Å². The number of nitrogens with zero attached hydrogens (tertiary/aromatic N) is 1. The largest absolute Gasteiger partial charge is 0.416 e. The van der Waals surface area contributed by atoms with E-state index in [1.54, 1.807) is 0 Å². The number of halogens is 3. The molecule has 0 saturated heterocycles. The summed E-state index contributed by atoms with van der Waals surface area (Å²) in [5, 5.41) is 12.6. The van der Waals surface area contributed by atoms with Crippen molar-refractivity contribution in [3.63, 3.8) is 0 Å². The molecular formula is C23H37F3N2O3S. The molecule has 0 amide bonds. The van der Waals surface area contributed by atoms with Crippen LogP contribution in [0.25, 0.3) is 0 Å². The number of benzene rings is 1. The number of rotatable bonds is 11. The second-order valence-electron chi connectivity index (χ2n) is 9.54. The molecule has 1 aromatic rings. The molecule has 32 heavy (non-hydrogen) atoms. The lowest BCUT2D eigenvalue weighted by Crippen LogP contribution is -2.43. The van der Waals surface area contributed by atoms with Crippen molar-refractivity contribution in [3.05, 3.63) is 29.8 Å². The van der Waals surface area contributed by atoms with Crippen LogP contribution in [0, 0.1) is 5.92 Å². The van der Waals surface area contributed by atoms with Crippen molar-refractivity contribution in [1.82, 2.24) is 9.62 Å². The van der Waals surface area contributed by atoms with Crippen molar-refractivity contribution < 1.29 is 26.7 Å². The van der Waals surface area contributed by atoms with E-state index in [9.17, 15) is 26.7 Å². The molecule has 9 heteroatoms. The number of hydrogen-bond donors (Lipinski definition) is 2. The number of sulfonamides is 1. The monoisotopic (exact) mass is 478 g/mol. The maximum absolute atomic E-state index is 12.9. The highest BCUT2D eigenvalue weighted by molar-refractivity contribution is 7.89. The number of hydrogen-bond acceptors (Lipinski definition) is 4. The number of aliphatic hydroxyl groups is 1. The summed E-state index contributed by atoms with van der Waals surface area (Å²) in [4.78, 5) is -0.104. The fraction of sp³-hybridized carbons (Fsp3) is 0.739. The van der Waals surface area contributed by atoms with Crippen LogP contribution in [-0.4, -0.2) is 49.6 Å². The molecule has 0 atom stereocenters. The van der Waals surface area contributed by atoms with Crippen LogP contribution in [0.15, 0.2) is 29.2 Å². The third-order valence-corrected chi connectivity index (χ3v) is 8.40. The molecular weight excluding hydrogens is 441 g/mol. The van der Waals surface area contributed by atoms with E-state index in [2.05, 4.69) is 5.32 Å². The van der Waals surface area contributed by atoms with Gasteiger partial charge in [-0.05, 0) is 82.7 Å². The van der Waals surface area contributed by atoms with Gasteiger partial charge in [0.1, 0.15) is 0 Å². The van der Waals surface area contributed by atoms with E-state index in [-0.39, 0.29) is 23.1 Å². The topological polar surface area (TPSA) is 69.6 Å². The summed E-state index contributed by atoms with van der Waals surface area (Å²) in [5.74, 6) is 0.593. The van der Waals surface area contributed by atoms with E-state index in [4.69, 9.17) is 0 Å². The van der Waals surface area contributed by atoms with Crippen molar-refractivity contribution in [1.29, 1.82) is 0 Å². The van der Waals surface area contributed by atoms with Crippen LogP contribution in [0.5, 0.6) is 0 Å². The molecule has 0 unspecified atom stereocenters. The summed E-state index contributed by atoms with van der Waals surface area (Å²) in [6.07, 6.45) is 3.44. The molecule has 5 nitrogen and oxygen atoms in total. The van der Waals surface area contributed by atoms with Crippen molar-refractivity contribution >= 4 is 10.0 Å². The molecule has 1 aromatic carbocycles. The second kappa shape index (κ2) is 11.3. The van der Waals surface area contributed by atoms with Crippen LogP contribution in [0.4, 0.5) is 13.2 Å². The third-order valence-electron chi connectivity index (χ3n) is 6.48. The van der Waals surface area contributed by atoms with E-state index in [0.29, 0.717) is 5.92 Å². The first-order valence-corrected chi connectivity index (χ1v) is 12.8. The van der Waals surface area contributed by atoms with E-state index in [1.165, 1.54) is 11.4 Å². The van der Waals surface area contributed by atoms with Crippen LogP contribution < -0.4 is 5.32 Å². The summed E-state index contributed by atoms with van der Waals surface area (Å²) in [5.41, 5.74) is -1.10. The fourth-order valence-corrected chi connectivity index (χ4v) is 5.61. The Bertz CT molecular complexity index is 803. The lowest BCUT2D eigenvalue weighted by Gasteiger charge is -2.34. The lowest BCUT2D eigenvalue weighted by molar-refractivity contribution is -0.137. The quantitative estimate of drug-likeness (QED) is 0.448. The highest BCUT2D eigenvalue weighted by Crippen LogP contribution is 2.34. The SMILES string of the molecule is CN([C@H]1CC[C@H](CCCCCNC(C)(C)CO)CC1)S(=O)(=O)c1ccc(C(F)(F)F)cc1. The molecule has 184 valence electrons. The Morgan fingerprint density at radius 2 is 1.62 bits per heavy atom. The van der Waals surface area contributed by atoms with Gasteiger partial charge in [-0.15, -0.1) is 0 Å². The number of unbranched alkanes of at least 4 members (excludes halogenated alkanes) is 2. The van der Waals surface area contributed by atoms with Gasteiger partial charge in [0.25, 0.3) is 0 Å². The highest BCUT2D eigenvalue weighted by Gasteiger charge is 2.33. The van der Waals surface area contributed by atoms with Gasteiger partial charge in [0.2, 0.25) is 10.0 Å². The van der Waals surface area contributed by atoms with Gasteiger partial charge in [0.15, 0.2) is 0 Å². The Morgan fingerprint density at radius 3 is 2.16 bits per heavy atom. The fourth-order valence-electron chi connectivity index (χ4n) is 4.19. The van der Waals surface area contributed by atoms with Crippen LogP contribution in [-0.2, 0) is 16.2 Å². The van der Waals surface area contributed by atoms with Crippen molar-refractivity contribution in [2.45, 2.75) is 87.9 Å². The molecule has 0 spiro atoms. The van der Waals surface area contributed by atoms with Gasteiger partial charge in [-0.2, -0.15) is 17.5 Å². The molecule has 0 radical (unpaired) electrons. The highest BCUT2D eigenvalue weighted by atomic mass is 32.2. The summed E-state index contributed by atoms with van der Waals surface area (Å²) < 4.78 is 65.3. The molecule has 0 heterocycles. The van der Waals surface area contributed by atoms with Crippen LogP contribution in [0.3, 0.4) is 0 Å². The molecule has 1 aliphatic rings. The van der Waals surface area contributed by atoms with Gasteiger partial charge in [-0.25, -0.2) is 8.42 Å². The van der Waals surface area contributed by atoms with Crippen molar-refractivity contribution in [2.24, 2.45) is 5.92 Å². The Kier molecular flexibility index (Phi) is 9.58. The van der Waals surface area contributed by atoms with E-state index < -0.39 is 21.8 Å². The van der Waals surface area contributed by atoms with Crippen LogP contribution >= 0.6 is 0 Å². The Balaban J connectivity index is 1.76. The Labute approximate surface area is 190 Å². The number of alkyl halides is 3. The van der Waals surface area contributed by atoms with E-state index >= 15 is 0 Å². The standard InChI is InChI=1S/C23H37F3N2O3S/c1-22(2,17-29)27-16-6-4-5-7-18-8-12-20(13-9-18)28(3)32(30,31)21-14-10-19(11-15-21)23(24,25)26/h10-11,14-15,18,20,27,29H,4-9,12-13,16-17H2,1-3H3/t18-,20-. The van der Waals surface area contributed by atoms with Gasteiger partial charge in [-0.1, -0.05) is 19.3 Å². The Morgan fingerprint density at radius 1 is 1.03 bits per heavy atom. The zero-order valence-electron chi connectivity index (χ0n) is 19.3. The third kappa shape index (κ3) is 7.71.